The molecule has 0 fully saturated rings. The van der Waals surface area contributed by atoms with Gasteiger partial charge in [-0.05, 0) is 48.0 Å². The topological polar surface area (TPSA) is 80.2 Å². The van der Waals surface area contributed by atoms with Crippen LogP contribution in [0.2, 0.25) is 0 Å². The Morgan fingerprint density at radius 2 is 1.93 bits per heavy atom. The molecule has 9 heteroatoms. The van der Waals surface area contributed by atoms with Gasteiger partial charge in [0.05, 0.1) is 23.9 Å². The van der Waals surface area contributed by atoms with Gasteiger partial charge in [0.2, 0.25) is 0 Å². The second-order valence-corrected chi connectivity index (χ2v) is 6.55. The minimum absolute atomic E-state index is 0.185. The van der Waals surface area contributed by atoms with Crippen LogP contribution in [0.3, 0.4) is 0 Å². The summed E-state index contributed by atoms with van der Waals surface area (Å²) in [6.07, 6.45) is -2.81. The number of fused-ring (bicyclic) bond motifs is 1. The number of hydrogen-bond acceptors (Lipinski definition) is 4. The Kier molecular flexibility index (Phi) is 5.28. The van der Waals surface area contributed by atoms with E-state index >= 15 is 0 Å². The van der Waals surface area contributed by atoms with E-state index in [1.54, 1.807) is 48.7 Å². The van der Waals surface area contributed by atoms with Crippen LogP contribution in [-0.4, -0.2) is 28.7 Å². The van der Waals surface area contributed by atoms with Crippen LogP contribution in [-0.2, 0) is 11.3 Å². The van der Waals surface area contributed by atoms with Crippen LogP contribution < -0.4 is 5.32 Å². The van der Waals surface area contributed by atoms with Gasteiger partial charge in [0, 0.05) is 11.3 Å². The second-order valence-electron chi connectivity index (χ2n) is 6.55. The predicted molar refractivity (Wildman–Crippen MR) is 104 cm³/mol. The number of alkyl halides is 3. The first-order chi connectivity index (χ1) is 14.4. The first-order valence-corrected chi connectivity index (χ1v) is 8.96. The van der Waals surface area contributed by atoms with Crippen LogP contribution >= 0.6 is 0 Å². The molecule has 0 spiro atoms. The number of ether oxygens (including phenoxy) is 1. The van der Waals surface area contributed by atoms with Gasteiger partial charge < -0.3 is 19.5 Å². The highest BCUT2D eigenvalue weighted by molar-refractivity contribution is 6.05. The summed E-state index contributed by atoms with van der Waals surface area (Å²) in [6.45, 7) is -1.50. The number of halogens is 3. The molecular formula is C21H16F3N3O3. The summed E-state index contributed by atoms with van der Waals surface area (Å²) < 4.78 is 46.3. The lowest BCUT2D eigenvalue weighted by Gasteiger charge is -2.08. The molecule has 0 saturated heterocycles. The lowest BCUT2D eigenvalue weighted by molar-refractivity contribution is -0.176. The Morgan fingerprint density at radius 3 is 2.63 bits per heavy atom. The van der Waals surface area contributed by atoms with E-state index in [0.717, 1.165) is 11.0 Å². The van der Waals surface area contributed by atoms with Crippen molar-refractivity contribution < 1.29 is 27.1 Å². The van der Waals surface area contributed by atoms with Gasteiger partial charge in [-0.3, -0.25) is 4.79 Å². The van der Waals surface area contributed by atoms with Crippen LogP contribution in [0.25, 0.3) is 22.6 Å². The number of aromatic nitrogens is 2. The molecule has 0 saturated carbocycles. The first-order valence-electron chi connectivity index (χ1n) is 8.96. The molecule has 2 aromatic heterocycles. The van der Waals surface area contributed by atoms with E-state index in [0.29, 0.717) is 28.4 Å². The van der Waals surface area contributed by atoms with Crippen molar-refractivity contribution in [1.29, 1.82) is 0 Å². The molecular weight excluding hydrogens is 399 g/mol. The van der Waals surface area contributed by atoms with Crippen molar-refractivity contribution in [3.8, 4) is 11.6 Å². The quantitative estimate of drug-likeness (QED) is 0.456. The first kappa shape index (κ1) is 19.7. The molecule has 1 amide bonds. The standard InChI is InChI=1S/C21H16F3N3O3/c22-21(23,24)12-29-11-13-3-5-14(6-4-13)20(28)25-15-7-8-16-17(10-15)27-19(26-16)18-2-1-9-30-18/h1-10H,11-12H2,(H,25,28)(H,26,27). The number of benzene rings is 2. The smallest absolute Gasteiger partial charge is 0.411 e. The number of rotatable bonds is 6. The summed E-state index contributed by atoms with van der Waals surface area (Å²) in [6, 6.07) is 15.0. The Balaban J connectivity index is 1.41. The fourth-order valence-electron chi connectivity index (χ4n) is 2.86. The van der Waals surface area contributed by atoms with Gasteiger partial charge in [-0.25, -0.2) is 4.98 Å². The van der Waals surface area contributed by atoms with E-state index in [-0.39, 0.29) is 12.5 Å². The third kappa shape index (κ3) is 4.69. The average Bonchev–Trinajstić information content (AvgIpc) is 3.37. The van der Waals surface area contributed by atoms with Crippen LogP contribution in [0.5, 0.6) is 0 Å². The molecule has 0 atom stereocenters. The number of carbonyl (C=O) groups excluding carboxylic acids is 1. The third-order valence-electron chi connectivity index (χ3n) is 4.24. The van der Waals surface area contributed by atoms with E-state index < -0.39 is 12.8 Å². The highest BCUT2D eigenvalue weighted by Gasteiger charge is 2.27. The van der Waals surface area contributed by atoms with Gasteiger partial charge in [0.1, 0.15) is 6.61 Å². The zero-order valence-electron chi connectivity index (χ0n) is 15.5. The summed E-state index contributed by atoms with van der Waals surface area (Å²) >= 11 is 0. The molecule has 0 unspecified atom stereocenters. The van der Waals surface area contributed by atoms with Crippen LogP contribution in [0.15, 0.2) is 65.3 Å². The van der Waals surface area contributed by atoms with Crippen molar-refractivity contribution in [3.63, 3.8) is 0 Å². The Hall–Kier alpha value is -3.59. The third-order valence-corrected chi connectivity index (χ3v) is 4.24. The Morgan fingerprint density at radius 1 is 1.13 bits per heavy atom. The van der Waals surface area contributed by atoms with Crippen LogP contribution in [0.1, 0.15) is 15.9 Å². The maximum Gasteiger partial charge on any atom is 0.411 e. The van der Waals surface area contributed by atoms with E-state index in [1.165, 1.54) is 12.1 Å². The number of anilines is 1. The zero-order chi connectivity index (χ0) is 21.1. The van der Waals surface area contributed by atoms with Gasteiger partial charge >= 0.3 is 6.18 Å². The summed E-state index contributed by atoms with van der Waals surface area (Å²) in [5.41, 5.74) is 2.94. The normalized spacial score (nSPS) is 11.7. The van der Waals surface area contributed by atoms with Crippen molar-refractivity contribution in [3.05, 3.63) is 72.0 Å². The molecule has 0 aliphatic carbocycles. The van der Waals surface area contributed by atoms with Crippen molar-refractivity contribution >= 4 is 22.6 Å². The summed E-state index contributed by atoms with van der Waals surface area (Å²) in [5.74, 6) is 0.848. The highest BCUT2D eigenvalue weighted by Crippen LogP contribution is 2.23. The number of hydrogen-bond donors (Lipinski definition) is 2. The molecule has 6 nitrogen and oxygen atoms in total. The molecule has 2 aromatic carbocycles. The maximum absolute atomic E-state index is 12.5. The van der Waals surface area contributed by atoms with Gasteiger partial charge in [0.15, 0.2) is 11.6 Å². The van der Waals surface area contributed by atoms with Gasteiger partial charge in [0.25, 0.3) is 5.91 Å². The lowest BCUT2D eigenvalue weighted by Crippen LogP contribution is -2.16. The summed E-state index contributed by atoms with van der Waals surface area (Å²) in [7, 11) is 0. The number of amides is 1. The van der Waals surface area contributed by atoms with Crippen LogP contribution in [0.4, 0.5) is 18.9 Å². The highest BCUT2D eigenvalue weighted by atomic mass is 19.4. The fourth-order valence-corrected chi connectivity index (χ4v) is 2.86. The van der Waals surface area contributed by atoms with Gasteiger partial charge in [-0.2, -0.15) is 13.2 Å². The van der Waals surface area contributed by atoms with Gasteiger partial charge in [-0.1, -0.05) is 12.1 Å². The summed E-state index contributed by atoms with van der Waals surface area (Å²) in [5, 5.41) is 2.79. The molecule has 0 aliphatic rings. The number of H-pyrrole nitrogens is 1. The molecule has 0 radical (unpaired) electrons. The number of nitrogens with one attached hydrogen (secondary N) is 2. The minimum Gasteiger partial charge on any atom is -0.461 e. The number of nitrogens with zero attached hydrogens (tertiary/aromatic N) is 1. The lowest BCUT2D eigenvalue weighted by atomic mass is 10.1. The molecule has 2 N–H and O–H groups in total. The number of aromatic amines is 1. The van der Waals surface area contributed by atoms with E-state index in [1.807, 2.05) is 0 Å². The molecule has 0 aliphatic heterocycles. The predicted octanol–water partition coefficient (Wildman–Crippen LogP) is 5.15. The van der Waals surface area contributed by atoms with Crippen molar-refractivity contribution in [2.24, 2.45) is 0 Å². The molecule has 2 heterocycles. The average molecular weight is 415 g/mol. The van der Waals surface area contributed by atoms with E-state index in [9.17, 15) is 18.0 Å². The summed E-state index contributed by atoms with van der Waals surface area (Å²) in [4.78, 5) is 20.0. The number of carbonyl (C=O) groups is 1. The van der Waals surface area contributed by atoms with E-state index in [2.05, 4.69) is 20.0 Å². The van der Waals surface area contributed by atoms with Crippen molar-refractivity contribution in [2.45, 2.75) is 12.8 Å². The zero-order valence-corrected chi connectivity index (χ0v) is 15.5. The SMILES string of the molecule is O=C(Nc1ccc2nc(-c3ccco3)[nH]c2c1)c1ccc(COCC(F)(F)F)cc1. The molecule has 154 valence electrons. The van der Waals surface area contributed by atoms with Crippen LogP contribution in [0, 0.1) is 0 Å². The van der Waals surface area contributed by atoms with Crippen molar-refractivity contribution in [1.82, 2.24) is 9.97 Å². The van der Waals surface area contributed by atoms with E-state index in [4.69, 9.17) is 4.42 Å². The monoisotopic (exact) mass is 415 g/mol. The molecule has 30 heavy (non-hydrogen) atoms. The van der Waals surface area contributed by atoms with Crippen molar-refractivity contribution in [2.75, 3.05) is 11.9 Å². The van der Waals surface area contributed by atoms with Gasteiger partial charge in [-0.15, -0.1) is 0 Å². The minimum atomic E-state index is -4.37. The number of furan rings is 1. The number of imidazole rings is 1. The molecule has 0 bridgehead atoms. The molecule has 4 rings (SSSR count). The largest absolute Gasteiger partial charge is 0.461 e. The second kappa shape index (κ2) is 8.03. The Bertz CT molecular complexity index is 1150. The molecule has 4 aromatic rings. The Labute approximate surface area is 168 Å². The maximum atomic E-state index is 12.5. The fraction of sp³-hybridized carbons (Fsp3) is 0.143.